The molecule has 0 atom stereocenters. The van der Waals surface area contributed by atoms with Gasteiger partial charge in [-0.05, 0) is 18.1 Å². The van der Waals surface area contributed by atoms with E-state index in [-0.39, 0.29) is 5.91 Å². The van der Waals surface area contributed by atoms with Crippen molar-refractivity contribution in [3.8, 4) is 0 Å². The molecule has 94 valence electrons. The van der Waals surface area contributed by atoms with E-state index >= 15 is 0 Å². The van der Waals surface area contributed by atoms with Crippen molar-refractivity contribution < 1.29 is 4.79 Å². The first kappa shape index (κ1) is 13.5. The van der Waals surface area contributed by atoms with Gasteiger partial charge in [-0.3, -0.25) is 4.79 Å². The number of aromatic nitrogens is 1. The Bertz CT molecular complexity index is 344. The minimum atomic E-state index is -0.0490. The quantitative estimate of drug-likeness (QED) is 0.795. The van der Waals surface area contributed by atoms with Crippen molar-refractivity contribution in [2.75, 3.05) is 18.9 Å². The molecule has 1 rings (SSSR count). The van der Waals surface area contributed by atoms with Crippen LogP contribution in [0.1, 0.15) is 37.0 Å². The van der Waals surface area contributed by atoms with E-state index in [2.05, 4.69) is 29.5 Å². The largest absolute Gasteiger partial charge is 0.373 e. The van der Waals surface area contributed by atoms with Crippen LogP contribution in [0.5, 0.6) is 0 Å². The molecule has 0 aliphatic carbocycles. The van der Waals surface area contributed by atoms with Crippen molar-refractivity contribution in [3.05, 3.63) is 23.9 Å². The maximum absolute atomic E-state index is 11.8. The lowest BCUT2D eigenvalue weighted by Gasteiger charge is -2.13. The van der Waals surface area contributed by atoms with Crippen molar-refractivity contribution in [3.63, 3.8) is 0 Å². The van der Waals surface area contributed by atoms with Crippen molar-refractivity contribution in [2.24, 2.45) is 5.92 Å². The fourth-order valence-corrected chi connectivity index (χ4v) is 1.59. The highest BCUT2D eigenvalue weighted by Crippen LogP contribution is 2.07. The fourth-order valence-electron chi connectivity index (χ4n) is 1.59. The molecule has 4 heteroatoms. The van der Waals surface area contributed by atoms with Gasteiger partial charge in [0.1, 0.15) is 5.82 Å². The molecule has 0 aliphatic rings. The Morgan fingerprint density at radius 2 is 2.06 bits per heavy atom. The van der Waals surface area contributed by atoms with Gasteiger partial charge in [-0.1, -0.05) is 26.7 Å². The van der Waals surface area contributed by atoms with Crippen LogP contribution in [0.3, 0.4) is 0 Å². The normalized spacial score (nSPS) is 10.4. The zero-order valence-electron chi connectivity index (χ0n) is 10.8. The van der Waals surface area contributed by atoms with E-state index in [1.54, 1.807) is 25.4 Å². The van der Waals surface area contributed by atoms with Gasteiger partial charge in [-0.15, -0.1) is 0 Å². The number of pyridine rings is 1. The summed E-state index contributed by atoms with van der Waals surface area (Å²) in [5, 5.41) is 5.86. The van der Waals surface area contributed by atoms with Crippen LogP contribution in [-0.2, 0) is 0 Å². The third-order valence-electron chi connectivity index (χ3n) is 2.99. The third-order valence-corrected chi connectivity index (χ3v) is 2.99. The molecule has 0 saturated carbocycles. The Kier molecular flexibility index (Phi) is 5.46. The maximum atomic E-state index is 11.8. The number of hydrogen-bond donors (Lipinski definition) is 2. The highest BCUT2D eigenvalue weighted by Gasteiger charge is 2.08. The number of rotatable bonds is 6. The highest BCUT2D eigenvalue weighted by atomic mass is 16.1. The van der Waals surface area contributed by atoms with Gasteiger partial charge in [-0.2, -0.15) is 0 Å². The summed E-state index contributed by atoms with van der Waals surface area (Å²) in [7, 11) is 1.80. The maximum Gasteiger partial charge on any atom is 0.252 e. The number of hydrogen-bond acceptors (Lipinski definition) is 3. The Labute approximate surface area is 103 Å². The summed E-state index contributed by atoms with van der Waals surface area (Å²) in [5.41, 5.74) is 0.606. The second-order valence-corrected chi connectivity index (χ2v) is 4.07. The van der Waals surface area contributed by atoms with E-state index in [0.717, 1.165) is 25.2 Å². The van der Waals surface area contributed by atoms with Crippen molar-refractivity contribution in [1.82, 2.24) is 10.3 Å². The molecule has 1 aromatic heterocycles. The van der Waals surface area contributed by atoms with Crippen LogP contribution in [0, 0.1) is 5.92 Å². The van der Waals surface area contributed by atoms with Gasteiger partial charge in [0.25, 0.3) is 5.91 Å². The molecular formula is C13H21N3O. The zero-order valence-corrected chi connectivity index (χ0v) is 10.8. The number of anilines is 1. The predicted octanol–water partition coefficient (Wildman–Crippen LogP) is 2.29. The van der Waals surface area contributed by atoms with Gasteiger partial charge in [-0.25, -0.2) is 4.98 Å². The molecule has 1 amide bonds. The molecule has 0 bridgehead atoms. The Morgan fingerprint density at radius 1 is 1.35 bits per heavy atom. The van der Waals surface area contributed by atoms with Crippen LogP contribution in [0.4, 0.5) is 5.82 Å². The van der Waals surface area contributed by atoms with Crippen LogP contribution in [0.25, 0.3) is 0 Å². The second-order valence-electron chi connectivity index (χ2n) is 4.07. The number of amides is 1. The van der Waals surface area contributed by atoms with Gasteiger partial charge in [0.15, 0.2) is 0 Å². The first-order valence-electron chi connectivity index (χ1n) is 6.13. The van der Waals surface area contributed by atoms with Crippen LogP contribution < -0.4 is 10.6 Å². The topological polar surface area (TPSA) is 54.0 Å². The lowest BCUT2D eigenvalue weighted by atomic mass is 10.0. The standard InChI is InChI=1S/C13H21N3O/c1-4-10(5-2)8-16-13(17)11-6-7-12(14-3)15-9-11/h6-7,9-10H,4-5,8H2,1-3H3,(H,14,15)(H,16,17). The van der Waals surface area contributed by atoms with E-state index in [4.69, 9.17) is 0 Å². The summed E-state index contributed by atoms with van der Waals surface area (Å²) in [4.78, 5) is 15.9. The predicted molar refractivity (Wildman–Crippen MR) is 70.2 cm³/mol. The Hall–Kier alpha value is -1.58. The summed E-state index contributed by atoms with van der Waals surface area (Å²) in [6, 6.07) is 3.58. The third kappa shape index (κ3) is 4.06. The van der Waals surface area contributed by atoms with Crippen LogP contribution in [0.15, 0.2) is 18.3 Å². The molecule has 0 fully saturated rings. The summed E-state index contributed by atoms with van der Waals surface area (Å²) < 4.78 is 0. The van der Waals surface area contributed by atoms with Crippen molar-refractivity contribution >= 4 is 11.7 Å². The van der Waals surface area contributed by atoms with Gasteiger partial charge in [0.2, 0.25) is 0 Å². The summed E-state index contributed by atoms with van der Waals surface area (Å²) >= 11 is 0. The van der Waals surface area contributed by atoms with E-state index < -0.39 is 0 Å². The van der Waals surface area contributed by atoms with Gasteiger partial charge >= 0.3 is 0 Å². The first-order valence-corrected chi connectivity index (χ1v) is 6.13. The van der Waals surface area contributed by atoms with Crippen molar-refractivity contribution in [1.29, 1.82) is 0 Å². The molecule has 0 unspecified atom stereocenters. The van der Waals surface area contributed by atoms with Gasteiger partial charge in [0.05, 0.1) is 5.56 Å². The summed E-state index contributed by atoms with van der Waals surface area (Å²) in [6.45, 7) is 5.02. The molecule has 17 heavy (non-hydrogen) atoms. The van der Waals surface area contributed by atoms with E-state index in [0.29, 0.717) is 11.5 Å². The molecule has 2 N–H and O–H groups in total. The number of nitrogens with zero attached hydrogens (tertiary/aromatic N) is 1. The summed E-state index contributed by atoms with van der Waals surface area (Å²) in [6.07, 6.45) is 3.77. The monoisotopic (exact) mass is 235 g/mol. The van der Waals surface area contributed by atoms with E-state index in [1.165, 1.54) is 0 Å². The van der Waals surface area contributed by atoms with Crippen LogP contribution >= 0.6 is 0 Å². The molecule has 4 nitrogen and oxygen atoms in total. The molecule has 1 heterocycles. The van der Waals surface area contributed by atoms with Gasteiger partial charge < -0.3 is 10.6 Å². The SMILES string of the molecule is CCC(CC)CNC(=O)c1ccc(NC)nc1. The molecule has 1 aromatic rings. The second kappa shape index (κ2) is 6.89. The summed E-state index contributed by atoms with van der Waals surface area (Å²) in [5.74, 6) is 1.28. The zero-order chi connectivity index (χ0) is 12.7. The molecule has 0 spiro atoms. The molecule has 0 aromatic carbocycles. The van der Waals surface area contributed by atoms with E-state index in [9.17, 15) is 4.79 Å². The molecule has 0 saturated heterocycles. The van der Waals surface area contributed by atoms with Crippen LogP contribution in [0.2, 0.25) is 0 Å². The molecule has 0 radical (unpaired) electrons. The number of carbonyl (C=O) groups is 1. The average Bonchev–Trinajstić information content (AvgIpc) is 2.39. The molecular weight excluding hydrogens is 214 g/mol. The van der Waals surface area contributed by atoms with Gasteiger partial charge in [0, 0.05) is 19.8 Å². The first-order chi connectivity index (χ1) is 8.21. The fraction of sp³-hybridized carbons (Fsp3) is 0.538. The number of nitrogens with one attached hydrogen (secondary N) is 2. The van der Waals surface area contributed by atoms with Crippen LogP contribution in [-0.4, -0.2) is 24.5 Å². The molecule has 0 aliphatic heterocycles. The lowest BCUT2D eigenvalue weighted by molar-refractivity contribution is 0.0946. The average molecular weight is 235 g/mol. The smallest absolute Gasteiger partial charge is 0.252 e. The van der Waals surface area contributed by atoms with E-state index in [1.807, 2.05) is 0 Å². The van der Waals surface area contributed by atoms with Crippen molar-refractivity contribution in [2.45, 2.75) is 26.7 Å². The lowest BCUT2D eigenvalue weighted by Crippen LogP contribution is -2.28. The Morgan fingerprint density at radius 3 is 2.53 bits per heavy atom. The Balaban J connectivity index is 2.51. The minimum Gasteiger partial charge on any atom is -0.373 e. The number of carbonyl (C=O) groups excluding carboxylic acids is 1. The minimum absolute atomic E-state index is 0.0490. The highest BCUT2D eigenvalue weighted by molar-refractivity contribution is 5.94.